The summed E-state index contributed by atoms with van der Waals surface area (Å²) in [5, 5.41) is 7.26. The van der Waals surface area contributed by atoms with E-state index in [4.69, 9.17) is 0 Å². The van der Waals surface area contributed by atoms with Crippen LogP contribution in [0.15, 0.2) is 0 Å². The molecule has 2 heteroatoms. The van der Waals surface area contributed by atoms with E-state index in [0.29, 0.717) is 5.54 Å². The van der Waals surface area contributed by atoms with Crippen LogP contribution in [0, 0.1) is 5.92 Å². The summed E-state index contributed by atoms with van der Waals surface area (Å²) >= 11 is 0. The van der Waals surface area contributed by atoms with Crippen molar-refractivity contribution in [1.29, 1.82) is 0 Å². The molecule has 0 spiro atoms. The first kappa shape index (κ1) is 10.4. The molecule has 82 valence electrons. The third kappa shape index (κ3) is 2.29. The van der Waals surface area contributed by atoms with E-state index >= 15 is 0 Å². The average molecular weight is 196 g/mol. The highest BCUT2D eigenvalue weighted by molar-refractivity contribution is 4.94. The zero-order valence-electron chi connectivity index (χ0n) is 9.44. The van der Waals surface area contributed by atoms with E-state index in [1.54, 1.807) is 0 Å². The normalized spacial score (nSPS) is 38.8. The maximum atomic E-state index is 3.74. The predicted octanol–water partition coefficient (Wildman–Crippen LogP) is 1.91. The van der Waals surface area contributed by atoms with Gasteiger partial charge in [0.15, 0.2) is 0 Å². The Hall–Kier alpha value is -0.0800. The van der Waals surface area contributed by atoms with Gasteiger partial charge in [0.05, 0.1) is 0 Å². The summed E-state index contributed by atoms with van der Waals surface area (Å²) in [7, 11) is 0. The molecule has 2 rings (SSSR count). The van der Waals surface area contributed by atoms with Gasteiger partial charge in [-0.2, -0.15) is 0 Å². The molecule has 14 heavy (non-hydrogen) atoms. The van der Waals surface area contributed by atoms with Crippen molar-refractivity contribution in [3.05, 3.63) is 0 Å². The van der Waals surface area contributed by atoms with Gasteiger partial charge >= 0.3 is 0 Å². The zero-order chi connectivity index (χ0) is 9.86. The average Bonchev–Trinajstić information content (AvgIpc) is 2.69. The van der Waals surface area contributed by atoms with E-state index in [1.807, 2.05) is 0 Å². The summed E-state index contributed by atoms with van der Waals surface area (Å²) in [5.41, 5.74) is 0.504. The van der Waals surface area contributed by atoms with Crippen molar-refractivity contribution >= 4 is 0 Å². The molecule has 0 bridgehead atoms. The van der Waals surface area contributed by atoms with Gasteiger partial charge in [-0.05, 0) is 64.1 Å². The first-order valence-corrected chi connectivity index (χ1v) is 6.30. The molecule has 2 fully saturated rings. The minimum absolute atomic E-state index is 0.504. The molecule has 0 aromatic rings. The summed E-state index contributed by atoms with van der Waals surface area (Å²) in [5.74, 6) is 0.925. The standard InChI is InChI=1S/C12H24N2/c1-2-12(6-4-8-14-12)9-11-5-3-7-13-10-11/h11,13-14H,2-10H2,1H3. The molecule has 0 aromatic heterocycles. The van der Waals surface area contributed by atoms with Crippen molar-refractivity contribution in [2.75, 3.05) is 19.6 Å². The van der Waals surface area contributed by atoms with E-state index < -0.39 is 0 Å². The number of piperidine rings is 1. The molecule has 2 N–H and O–H groups in total. The lowest BCUT2D eigenvalue weighted by Crippen LogP contribution is -2.43. The van der Waals surface area contributed by atoms with Crippen LogP contribution in [0.5, 0.6) is 0 Å². The van der Waals surface area contributed by atoms with Crippen molar-refractivity contribution < 1.29 is 0 Å². The molecule has 2 atom stereocenters. The predicted molar refractivity (Wildman–Crippen MR) is 60.5 cm³/mol. The lowest BCUT2D eigenvalue weighted by atomic mass is 9.81. The van der Waals surface area contributed by atoms with E-state index in [0.717, 1.165) is 5.92 Å². The molecule has 2 unspecified atom stereocenters. The second kappa shape index (κ2) is 4.63. The van der Waals surface area contributed by atoms with Gasteiger partial charge in [-0.1, -0.05) is 6.92 Å². The van der Waals surface area contributed by atoms with Gasteiger partial charge in [0.25, 0.3) is 0 Å². The minimum atomic E-state index is 0.504. The van der Waals surface area contributed by atoms with E-state index in [-0.39, 0.29) is 0 Å². The molecule has 2 aliphatic rings. The molecule has 2 heterocycles. The van der Waals surface area contributed by atoms with Gasteiger partial charge in [0.2, 0.25) is 0 Å². The van der Waals surface area contributed by atoms with Crippen LogP contribution in [-0.4, -0.2) is 25.2 Å². The van der Waals surface area contributed by atoms with Gasteiger partial charge in [0, 0.05) is 5.54 Å². The summed E-state index contributed by atoms with van der Waals surface area (Å²) in [6, 6.07) is 0. The van der Waals surface area contributed by atoms with Crippen molar-refractivity contribution in [2.24, 2.45) is 5.92 Å². The third-order valence-electron chi connectivity index (χ3n) is 4.09. The van der Waals surface area contributed by atoms with Gasteiger partial charge in [-0.25, -0.2) is 0 Å². The van der Waals surface area contributed by atoms with E-state index in [1.165, 1.54) is 58.2 Å². The topological polar surface area (TPSA) is 24.1 Å². The Morgan fingerprint density at radius 1 is 1.29 bits per heavy atom. The minimum Gasteiger partial charge on any atom is -0.316 e. The Labute approximate surface area is 87.8 Å². The smallest absolute Gasteiger partial charge is 0.0182 e. The molecule has 0 aromatic carbocycles. The number of rotatable bonds is 3. The highest BCUT2D eigenvalue weighted by Gasteiger charge is 2.34. The Bertz CT molecular complexity index is 167. The molecular weight excluding hydrogens is 172 g/mol. The van der Waals surface area contributed by atoms with Crippen LogP contribution < -0.4 is 10.6 Å². The lowest BCUT2D eigenvalue weighted by Gasteiger charge is -2.34. The maximum Gasteiger partial charge on any atom is 0.0182 e. The monoisotopic (exact) mass is 196 g/mol. The Morgan fingerprint density at radius 2 is 2.21 bits per heavy atom. The lowest BCUT2D eigenvalue weighted by molar-refractivity contribution is 0.241. The Balaban J connectivity index is 1.86. The van der Waals surface area contributed by atoms with Gasteiger partial charge in [0.1, 0.15) is 0 Å². The van der Waals surface area contributed by atoms with Crippen molar-refractivity contribution in [3.63, 3.8) is 0 Å². The fourth-order valence-corrected chi connectivity index (χ4v) is 3.14. The van der Waals surface area contributed by atoms with Crippen LogP contribution in [0.4, 0.5) is 0 Å². The van der Waals surface area contributed by atoms with Crippen LogP contribution >= 0.6 is 0 Å². The summed E-state index contributed by atoms with van der Waals surface area (Å²) < 4.78 is 0. The molecule has 0 amide bonds. The van der Waals surface area contributed by atoms with Crippen molar-refractivity contribution in [2.45, 2.75) is 51.0 Å². The zero-order valence-corrected chi connectivity index (χ0v) is 9.44. The maximum absolute atomic E-state index is 3.74. The number of hydrogen-bond acceptors (Lipinski definition) is 2. The highest BCUT2D eigenvalue weighted by Crippen LogP contribution is 2.32. The summed E-state index contributed by atoms with van der Waals surface area (Å²) in [6.07, 6.45) is 8.31. The first-order valence-electron chi connectivity index (χ1n) is 6.30. The van der Waals surface area contributed by atoms with Gasteiger partial charge in [-0.15, -0.1) is 0 Å². The number of nitrogens with one attached hydrogen (secondary N) is 2. The summed E-state index contributed by atoms with van der Waals surface area (Å²) in [6.45, 7) is 6.08. The molecule has 2 aliphatic heterocycles. The molecule has 2 saturated heterocycles. The largest absolute Gasteiger partial charge is 0.316 e. The fourth-order valence-electron chi connectivity index (χ4n) is 3.14. The van der Waals surface area contributed by atoms with Gasteiger partial charge in [-0.3, -0.25) is 0 Å². The van der Waals surface area contributed by atoms with Crippen LogP contribution in [0.25, 0.3) is 0 Å². The van der Waals surface area contributed by atoms with E-state index in [2.05, 4.69) is 17.6 Å². The van der Waals surface area contributed by atoms with Gasteiger partial charge < -0.3 is 10.6 Å². The summed E-state index contributed by atoms with van der Waals surface area (Å²) in [4.78, 5) is 0. The van der Waals surface area contributed by atoms with Crippen LogP contribution in [0.2, 0.25) is 0 Å². The number of hydrogen-bond donors (Lipinski definition) is 2. The van der Waals surface area contributed by atoms with Crippen molar-refractivity contribution in [1.82, 2.24) is 10.6 Å². The molecular formula is C12H24N2. The van der Waals surface area contributed by atoms with Crippen molar-refractivity contribution in [3.8, 4) is 0 Å². The second-order valence-corrected chi connectivity index (χ2v) is 5.08. The fraction of sp³-hybridized carbons (Fsp3) is 1.00. The SMILES string of the molecule is CCC1(CC2CCCNC2)CCCN1. The third-order valence-corrected chi connectivity index (χ3v) is 4.09. The molecule has 0 saturated carbocycles. The Kier molecular flexibility index (Phi) is 3.45. The quantitative estimate of drug-likeness (QED) is 0.720. The van der Waals surface area contributed by atoms with Crippen LogP contribution in [0.1, 0.15) is 45.4 Å². The second-order valence-electron chi connectivity index (χ2n) is 5.08. The van der Waals surface area contributed by atoms with E-state index in [9.17, 15) is 0 Å². The van der Waals surface area contributed by atoms with Crippen LogP contribution in [-0.2, 0) is 0 Å². The molecule has 2 nitrogen and oxygen atoms in total. The van der Waals surface area contributed by atoms with Crippen LogP contribution in [0.3, 0.4) is 0 Å². The first-order chi connectivity index (χ1) is 6.85. The Morgan fingerprint density at radius 3 is 2.79 bits per heavy atom. The highest BCUT2D eigenvalue weighted by atomic mass is 15.0. The molecule has 0 radical (unpaired) electrons. The molecule has 0 aliphatic carbocycles.